The number of guanidine groups is 2. The summed E-state index contributed by atoms with van der Waals surface area (Å²) in [6.07, 6.45) is -7.16. The van der Waals surface area contributed by atoms with Crippen molar-refractivity contribution in [2.45, 2.75) is 24.5 Å². The zero-order valence-corrected chi connectivity index (χ0v) is 20.1. The fraction of sp³-hybridized carbons (Fsp3) is 0.500. The van der Waals surface area contributed by atoms with Crippen LogP contribution in [-0.2, 0) is 31.6 Å². The van der Waals surface area contributed by atoms with E-state index < -0.39 is 66.5 Å². The molecule has 3 heterocycles. The molecule has 202 valence electrons. The lowest BCUT2D eigenvalue weighted by atomic mass is 10.1. The molecule has 0 amide bonds. The minimum absolute atomic E-state index is 0.193. The van der Waals surface area contributed by atoms with Crippen LogP contribution in [0.1, 0.15) is 0 Å². The van der Waals surface area contributed by atoms with Crippen LogP contribution in [-0.4, -0.2) is 95.1 Å². The minimum atomic E-state index is -5.81. The average Bonchev–Trinajstić information content (AvgIpc) is 3.22. The molecule has 6 atom stereocenters. The first-order chi connectivity index (χ1) is 17.1. The van der Waals surface area contributed by atoms with Gasteiger partial charge < -0.3 is 50.9 Å². The first-order valence-electron chi connectivity index (χ1n) is 9.03. The SMILES string of the molecule is N#[N+]N=C1N=C2C(N)=NC(=NN=[N-])N=C2N1[C@@H]1O[C@H](COP(=O)(O)OP(=O)(O)OP(=O)(O)O)[C@@H](O)[C@H]1O. The van der Waals surface area contributed by atoms with Crippen LogP contribution in [0.4, 0.5) is 0 Å². The molecule has 37 heavy (non-hydrogen) atoms. The molecule has 0 aliphatic carbocycles. The number of fused-ring (bicyclic) bond motifs is 1. The molecule has 8 N–H and O–H groups in total. The Morgan fingerprint density at radius 3 is 2.38 bits per heavy atom. The van der Waals surface area contributed by atoms with E-state index in [0.717, 1.165) is 4.90 Å². The highest BCUT2D eigenvalue weighted by molar-refractivity contribution is 7.66. The predicted octanol–water partition coefficient (Wildman–Crippen LogP) is -2.28. The summed E-state index contributed by atoms with van der Waals surface area (Å²) >= 11 is 0. The van der Waals surface area contributed by atoms with Gasteiger partial charge in [-0.05, 0) is 0 Å². The van der Waals surface area contributed by atoms with E-state index in [1.54, 1.807) is 0 Å². The van der Waals surface area contributed by atoms with Crippen molar-refractivity contribution >= 4 is 52.8 Å². The molecule has 0 aromatic rings. The fourth-order valence-corrected chi connectivity index (χ4v) is 5.98. The summed E-state index contributed by atoms with van der Waals surface area (Å²) in [7, 11) is -17.0. The number of aliphatic imine (C=N–C) groups is 3. The molecule has 3 aliphatic heterocycles. The van der Waals surface area contributed by atoms with E-state index in [1.165, 1.54) is 0 Å². The molecule has 24 nitrogen and oxygen atoms in total. The van der Waals surface area contributed by atoms with Gasteiger partial charge in [0, 0.05) is 0 Å². The quantitative estimate of drug-likeness (QED) is 0.0644. The van der Waals surface area contributed by atoms with Crippen LogP contribution < -0.4 is 5.73 Å². The van der Waals surface area contributed by atoms with E-state index in [1.807, 2.05) is 0 Å². The standard InChI is InChI=1S/C10H14N11O13P3/c11-6-3-7(16-9(15-6)17-19-12)21(10(14-3)18-20-13)8-5(23)4(22)2(32-8)1-31-36(27,28)34-37(29,30)33-35(24,25)26/h2,4-5,8,22-23H,1H2,(H6-,11,12,15,17,24,25,26,27,28,29,30)/t2-,4-,5-,8-/m1/s1. The Bertz CT molecular complexity index is 1320. The van der Waals surface area contributed by atoms with Crippen molar-refractivity contribution < 1.29 is 61.4 Å². The molecule has 0 bridgehead atoms. The first-order valence-corrected chi connectivity index (χ1v) is 13.5. The third-order valence-electron chi connectivity index (χ3n) is 4.21. The number of phosphoric acid groups is 3. The van der Waals surface area contributed by atoms with E-state index in [-0.39, 0.29) is 17.4 Å². The number of aliphatic hydroxyl groups is 2. The number of ether oxygens (including phenoxy) is 1. The van der Waals surface area contributed by atoms with Gasteiger partial charge in [0.15, 0.2) is 29.6 Å². The second kappa shape index (κ2) is 10.6. The molecule has 2 unspecified atom stereocenters. The number of aliphatic hydroxyl groups excluding tert-OH is 2. The number of amidine groups is 2. The zero-order chi connectivity index (χ0) is 27.8. The zero-order valence-electron chi connectivity index (χ0n) is 17.4. The van der Waals surface area contributed by atoms with Gasteiger partial charge in [-0.1, -0.05) is 0 Å². The van der Waals surface area contributed by atoms with E-state index in [2.05, 4.69) is 48.6 Å². The van der Waals surface area contributed by atoms with Crippen molar-refractivity contribution in [3.05, 3.63) is 10.6 Å². The highest BCUT2D eigenvalue weighted by Gasteiger charge is 2.52. The van der Waals surface area contributed by atoms with E-state index >= 15 is 0 Å². The number of nitrogens with zero attached hydrogens (tertiary/aromatic N) is 10. The lowest BCUT2D eigenvalue weighted by molar-refractivity contribution is -0.0511. The van der Waals surface area contributed by atoms with Gasteiger partial charge in [-0.25, -0.2) is 23.7 Å². The molecule has 0 spiro atoms. The van der Waals surface area contributed by atoms with E-state index in [4.69, 9.17) is 31.2 Å². The Morgan fingerprint density at radius 2 is 1.78 bits per heavy atom. The van der Waals surface area contributed by atoms with Crippen molar-refractivity contribution in [2.75, 3.05) is 6.61 Å². The monoisotopic (exact) mass is 589 g/mol. The summed E-state index contributed by atoms with van der Waals surface area (Å²) in [5, 5.41) is 41.2. The van der Waals surface area contributed by atoms with Crippen LogP contribution in [0.15, 0.2) is 30.4 Å². The summed E-state index contributed by atoms with van der Waals surface area (Å²) in [6, 6.07) is 0. The molecule has 3 aliphatic rings. The minimum Gasteiger partial charge on any atom is -0.387 e. The van der Waals surface area contributed by atoms with Crippen LogP contribution >= 0.6 is 23.5 Å². The summed E-state index contributed by atoms with van der Waals surface area (Å²) in [5.74, 6) is -1.64. The number of hydrogen-bond acceptors (Lipinski definition) is 13. The Morgan fingerprint density at radius 1 is 1.11 bits per heavy atom. The number of rotatable bonds is 9. The lowest BCUT2D eigenvalue weighted by Gasteiger charge is -2.27. The van der Waals surface area contributed by atoms with Crippen molar-refractivity contribution in [1.82, 2.24) is 4.90 Å². The predicted molar refractivity (Wildman–Crippen MR) is 115 cm³/mol. The summed E-state index contributed by atoms with van der Waals surface area (Å²) < 4.78 is 51.0. The maximum Gasteiger partial charge on any atom is 0.490 e. The lowest BCUT2D eigenvalue weighted by Crippen LogP contribution is -2.51. The Balaban J connectivity index is 1.80. The molecule has 0 aromatic carbocycles. The Kier molecular flexibility index (Phi) is 8.22. The third-order valence-corrected chi connectivity index (χ3v) is 8.02. The smallest absolute Gasteiger partial charge is 0.387 e. The van der Waals surface area contributed by atoms with Gasteiger partial charge >= 0.3 is 34.5 Å². The summed E-state index contributed by atoms with van der Waals surface area (Å²) in [4.78, 5) is 48.1. The molecule has 27 heteroatoms. The maximum atomic E-state index is 11.9. The number of nitrogens with two attached hydrogens (primary N) is 1. The van der Waals surface area contributed by atoms with Crippen molar-refractivity contribution in [3.63, 3.8) is 0 Å². The molecule has 1 saturated heterocycles. The summed E-state index contributed by atoms with van der Waals surface area (Å²) in [5.41, 5.74) is 14.2. The van der Waals surface area contributed by atoms with Crippen molar-refractivity contribution in [2.24, 2.45) is 36.1 Å². The largest absolute Gasteiger partial charge is 0.490 e. The Labute approximate surface area is 203 Å². The van der Waals surface area contributed by atoms with Gasteiger partial charge in [-0.15, -0.1) is 0 Å². The molecular weight excluding hydrogens is 575 g/mol. The van der Waals surface area contributed by atoms with Gasteiger partial charge in [0.2, 0.25) is 5.10 Å². The van der Waals surface area contributed by atoms with E-state index in [0.29, 0.717) is 0 Å². The van der Waals surface area contributed by atoms with Crippen molar-refractivity contribution in [3.8, 4) is 0 Å². The van der Waals surface area contributed by atoms with Crippen LogP contribution in [0.3, 0.4) is 0 Å². The second-order valence-corrected chi connectivity index (χ2v) is 11.1. The molecule has 0 saturated carbocycles. The molecular formula is C10H14N11O13P3. The highest BCUT2D eigenvalue weighted by atomic mass is 31.3. The second-order valence-electron chi connectivity index (χ2n) is 6.67. The van der Waals surface area contributed by atoms with Crippen LogP contribution in [0, 0.1) is 5.39 Å². The van der Waals surface area contributed by atoms with Gasteiger partial charge in [0.05, 0.1) is 6.61 Å². The van der Waals surface area contributed by atoms with Gasteiger partial charge in [-0.3, -0.25) is 14.6 Å². The average molecular weight is 589 g/mol. The van der Waals surface area contributed by atoms with Crippen molar-refractivity contribution in [1.29, 1.82) is 5.39 Å². The summed E-state index contributed by atoms with van der Waals surface area (Å²) in [6.45, 7) is -1.12. The normalized spacial score (nSPS) is 31.2. The maximum absolute atomic E-state index is 11.9. The number of diazo groups is 1. The van der Waals surface area contributed by atoms with Crippen LogP contribution in [0.2, 0.25) is 0 Å². The van der Waals surface area contributed by atoms with Crippen LogP contribution in [0.25, 0.3) is 10.6 Å². The fourth-order valence-electron chi connectivity index (χ4n) is 2.95. The van der Waals surface area contributed by atoms with Gasteiger partial charge in [0.25, 0.3) is 5.39 Å². The molecule has 3 rings (SSSR count). The molecule has 0 radical (unpaired) electrons. The van der Waals surface area contributed by atoms with Gasteiger partial charge in [0.1, 0.15) is 18.3 Å². The Hall–Kier alpha value is -2.74. The van der Waals surface area contributed by atoms with Gasteiger partial charge in [-0.2, -0.15) is 13.6 Å². The first kappa shape index (κ1) is 28.8. The van der Waals surface area contributed by atoms with Crippen LogP contribution in [0.5, 0.6) is 0 Å². The third kappa shape index (κ3) is 6.78. The number of hydrogen-bond donors (Lipinski definition) is 7. The topological polar surface area (TPSA) is 363 Å². The number of phosphoric ester groups is 1. The molecule has 1 fully saturated rings. The highest BCUT2D eigenvalue weighted by Crippen LogP contribution is 2.66. The molecule has 0 aromatic heterocycles. The van der Waals surface area contributed by atoms with E-state index in [9.17, 15) is 33.7 Å².